The van der Waals surface area contributed by atoms with Crippen molar-refractivity contribution >= 4 is 23.6 Å². The van der Waals surface area contributed by atoms with Crippen LogP contribution in [0.2, 0.25) is 0 Å². The molecule has 3 rings (SSSR count). The first-order valence-electron chi connectivity index (χ1n) is 9.94. The fourth-order valence-electron chi connectivity index (χ4n) is 3.07. The van der Waals surface area contributed by atoms with Crippen molar-refractivity contribution in [1.29, 1.82) is 0 Å². The molecule has 0 aliphatic carbocycles. The van der Waals surface area contributed by atoms with E-state index < -0.39 is 5.91 Å². The first kappa shape index (κ1) is 22.7. The lowest BCUT2D eigenvalue weighted by Gasteiger charge is -2.21. The van der Waals surface area contributed by atoms with E-state index >= 15 is 0 Å². The highest BCUT2D eigenvalue weighted by atomic mass is 16.6. The number of nitrogens with two attached hydrogens (primary N) is 1. The van der Waals surface area contributed by atoms with Crippen LogP contribution in [0.3, 0.4) is 0 Å². The van der Waals surface area contributed by atoms with Gasteiger partial charge in [-0.05, 0) is 50.4 Å². The van der Waals surface area contributed by atoms with E-state index in [1.807, 2.05) is 38.9 Å². The Kier molecular flexibility index (Phi) is 7.00. The van der Waals surface area contributed by atoms with Gasteiger partial charge >= 0.3 is 0 Å². The van der Waals surface area contributed by atoms with E-state index in [0.29, 0.717) is 17.8 Å². The number of amides is 1. The van der Waals surface area contributed by atoms with Gasteiger partial charge in [-0.15, -0.1) is 5.10 Å². The lowest BCUT2D eigenvalue weighted by molar-refractivity contribution is 0.0948. The van der Waals surface area contributed by atoms with E-state index in [1.165, 1.54) is 10.9 Å². The number of benzene rings is 1. The number of carbonyl (C=O) groups is 1. The van der Waals surface area contributed by atoms with Crippen LogP contribution in [0, 0.1) is 0 Å². The third-order valence-electron chi connectivity index (χ3n) is 4.65. The Morgan fingerprint density at radius 1 is 1.31 bits per heavy atom. The van der Waals surface area contributed by atoms with E-state index in [1.54, 1.807) is 12.1 Å². The number of phenolic OH excluding ortho intramolecular Hbond substituents is 1. The number of aromatic nitrogens is 5. The Morgan fingerprint density at radius 2 is 2.06 bits per heavy atom. The fourth-order valence-corrected chi connectivity index (χ4v) is 3.07. The molecule has 0 fully saturated rings. The topological polar surface area (TPSA) is 164 Å². The summed E-state index contributed by atoms with van der Waals surface area (Å²) in [4.78, 5) is 16.6. The maximum atomic E-state index is 12.7. The summed E-state index contributed by atoms with van der Waals surface area (Å²) in [5.41, 5.74) is 9.98. The largest absolute Gasteiger partial charge is 0.507 e. The average Bonchev–Trinajstić information content (AvgIpc) is 3.35. The lowest BCUT2D eigenvalue weighted by Crippen LogP contribution is -2.23. The van der Waals surface area contributed by atoms with Gasteiger partial charge in [0.1, 0.15) is 5.75 Å². The van der Waals surface area contributed by atoms with Crippen LogP contribution in [0.1, 0.15) is 35.6 Å². The molecule has 170 valence electrons. The first-order chi connectivity index (χ1) is 15.3. The summed E-state index contributed by atoms with van der Waals surface area (Å²) in [5.74, 6) is -0.377. The number of hydrogen-bond acceptors (Lipinski definition) is 11. The van der Waals surface area contributed by atoms with Gasteiger partial charge in [0.2, 0.25) is 11.6 Å². The van der Waals surface area contributed by atoms with Gasteiger partial charge in [0, 0.05) is 37.0 Å². The highest BCUT2D eigenvalue weighted by Crippen LogP contribution is 2.23. The van der Waals surface area contributed by atoms with Gasteiger partial charge in [-0.3, -0.25) is 4.79 Å². The Labute approximate surface area is 184 Å². The van der Waals surface area contributed by atoms with Crippen LogP contribution in [0.4, 0.5) is 11.5 Å². The van der Waals surface area contributed by atoms with Crippen LogP contribution in [-0.2, 0) is 6.54 Å². The number of nitrogens with one attached hydrogen (secondary N) is 1. The average molecular weight is 442 g/mol. The fraction of sp³-hybridized carbons (Fsp3) is 0.368. The number of carbonyl (C=O) groups excluding carboxylic acids is 1. The van der Waals surface area contributed by atoms with Crippen molar-refractivity contribution < 1.29 is 14.5 Å². The third-order valence-corrected chi connectivity index (χ3v) is 4.65. The summed E-state index contributed by atoms with van der Waals surface area (Å²) in [5, 5.41) is 29.4. The molecule has 0 saturated heterocycles. The summed E-state index contributed by atoms with van der Waals surface area (Å²) in [6, 6.07) is 5.27. The second-order valence-electron chi connectivity index (χ2n) is 7.12. The molecular weight excluding hydrogens is 416 g/mol. The second-order valence-corrected chi connectivity index (χ2v) is 7.12. The van der Waals surface area contributed by atoms with Crippen molar-refractivity contribution in [3.8, 4) is 11.6 Å². The van der Waals surface area contributed by atoms with Gasteiger partial charge in [0.25, 0.3) is 5.91 Å². The van der Waals surface area contributed by atoms with Gasteiger partial charge in [0.15, 0.2) is 5.69 Å². The zero-order chi connectivity index (χ0) is 23.3. The molecule has 0 saturated carbocycles. The molecule has 0 bridgehead atoms. The summed E-state index contributed by atoms with van der Waals surface area (Å²) < 4.78 is 5.91. The minimum atomic E-state index is -0.585. The molecule has 2 heterocycles. The van der Waals surface area contributed by atoms with Gasteiger partial charge in [-0.2, -0.15) is 9.78 Å². The van der Waals surface area contributed by atoms with Crippen molar-refractivity contribution in [2.75, 3.05) is 37.8 Å². The van der Waals surface area contributed by atoms with Crippen LogP contribution < -0.4 is 16.1 Å². The quantitative estimate of drug-likeness (QED) is 0.316. The zero-order valence-corrected chi connectivity index (χ0v) is 18.3. The van der Waals surface area contributed by atoms with Gasteiger partial charge < -0.3 is 20.6 Å². The van der Waals surface area contributed by atoms with Crippen LogP contribution in [0.15, 0.2) is 27.9 Å². The van der Waals surface area contributed by atoms with E-state index in [0.717, 1.165) is 18.8 Å². The van der Waals surface area contributed by atoms with E-state index in [2.05, 4.69) is 40.7 Å². The van der Waals surface area contributed by atoms with E-state index in [4.69, 9.17) is 5.73 Å². The molecule has 1 aromatic carbocycles. The van der Waals surface area contributed by atoms with Crippen LogP contribution in [0.5, 0.6) is 5.75 Å². The molecule has 0 atom stereocenters. The SMILES string of the molecule is CCN(CC)c1ccc(/C=N/NC(=O)c2nnn(-c3nonc3N)c2CN(C)C)c(O)c1. The molecule has 3 aromatic rings. The monoisotopic (exact) mass is 442 g/mol. The Bertz CT molecular complexity index is 1100. The van der Waals surface area contributed by atoms with Crippen molar-refractivity contribution in [3.05, 3.63) is 35.2 Å². The second kappa shape index (κ2) is 9.87. The van der Waals surface area contributed by atoms with Crippen molar-refractivity contribution in [2.45, 2.75) is 20.4 Å². The molecule has 13 heteroatoms. The maximum absolute atomic E-state index is 12.7. The Morgan fingerprint density at radius 3 is 2.66 bits per heavy atom. The van der Waals surface area contributed by atoms with Gasteiger partial charge in [0.05, 0.1) is 11.9 Å². The summed E-state index contributed by atoms with van der Waals surface area (Å²) in [6.07, 6.45) is 1.36. The predicted octanol–water partition coefficient (Wildman–Crippen LogP) is 0.610. The number of rotatable bonds is 9. The van der Waals surface area contributed by atoms with E-state index in [-0.39, 0.29) is 23.1 Å². The molecule has 0 spiro atoms. The van der Waals surface area contributed by atoms with Crippen molar-refractivity contribution in [1.82, 2.24) is 35.6 Å². The number of hydrazone groups is 1. The number of hydrogen-bond donors (Lipinski definition) is 3. The number of aromatic hydroxyl groups is 1. The molecule has 0 aliphatic rings. The third kappa shape index (κ3) is 4.83. The number of nitrogen functional groups attached to an aromatic ring is 1. The first-order valence-corrected chi connectivity index (χ1v) is 9.94. The van der Waals surface area contributed by atoms with Crippen LogP contribution in [-0.4, -0.2) is 74.6 Å². The Hall–Kier alpha value is -4.00. The predicted molar refractivity (Wildman–Crippen MR) is 118 cm³/mol. The normalized spacial score (nSPS) is 11.4. The number of phenols is 1. The number of nitrogens with zero attached hydrogens (tertiary/aromatic N) is 8. The maximum Gasteiger partial charge on any atom is 0.293 e. The Balaban J connectivity index is 1.78. The van der Waals surface area contributed by atoms with Crippen LogP contribution >= 0.6 is 0 Å². The molecule has 0 unspecified atom stereocenters. The van der Waals surface area contributed by atoms with Crippen molar-refractivity contribution in [3.63, 3.8) is 0 Å². The summed E-state index contributed by atoms with van der Waals surface area (Å²) >= 11 is 0. The van der Waals surface area contributed by atoms with E-state index in [9.17, 15) is 9.90 Å². The standard InChI is InChI=1S/C19H26N10O3/c1-5-28(6-2)13-8-7-12(15(30)9-13)10-21-23-19(31)16-14(11-27(3)4)29(26-22-16)18-17(20)24-32-25-18/h7-10,30H,5-6,11H2,1-4H3,(H2,20,24)(H,23,31)/b21-10+. The summed E-state index contributed by atoms with van der Waals surface area (Å²) in [6.45, 7) is 6.05. The molecule has 0 aliphatic heterocycles. The molecular formula is C19H26N10O3. The molecule has 4 N–H and O–H groups in total. The molecule has 13 nitrogen and oxygen atoms in total. The smallest absolute Gasteiger partial charge is 0.293 e. The minimum Gasteiger partial charge on any atom is -0.507 e. The summed E-state index contributed by atoms with van der Waals surface area (Å²) in [7, 11) is 3.65. The molecule has 1 amide bonds. The molecule has 0 radical (unpaired) electrons. The minimum absolute atomic E-state index is 0.0171. The number of anilines is 2. The van der Waals surface area contributed by atoms with Crippen LogP contribution in [0.25, 0.3) is 5.82 Å². The molecule has 2 aromatic heterocycles. The highest BCUT2D eigenvalue weighted by Gasteiger charge is 2.24. The van der Waals surface area contributed by atoms with Gasteiger partial charge in [-0.25, -0.2) is 10.1 Å². The highest BCUT2D eigenvalue weighted by molar-refractivity contribution is 5.94. The zero-order valence-electron chi connectivity index (χ0n) is 18.3. The van der Waals surface area contributed by atoms with Gasteiger partial charge in [-0.1, -0.05) is 5.21 Å². The lowest BCUT2D eigenvalue weighted by atomic mass is 10.2. The van der Waals surface area contributed by atoms with Crippen molar-refractivity contribution in [2.24, 2.45) is 5.10 Å². The molecule has 32 heavy (non-hydrogen) atoms.